The first kappa shape index (κ1) is 22.9. The van der Waals surface area contributed by atoms with Crippen LogP contribution in [0.1, 0.15) is 25.2 Å². The summed E-state index contributed by atoms with van der Waals surface area (Å²) in [5.74, 6) is 1.17. The maximum Gasteiger partial charge on any atom is 0.235 e. The fourth-order valence-corrected chi connectivity index (χ4v) is 4.18. The molecule has 8 nitrogen and oxygen atoms in total. The van der Waals surface area contributed by atoms with E-state index in [0.717, 1.165) is 5.56 Å². The average Bonchev–Trinajstić information content (AvgIpc) is 3.18. The second-order valence-corrected chi connectivity index (χ2v) is 9.01. The van der Waals surface area contributed by atoms with Crippen LogP contribution in [0.25, 0.3) is 0 Å². The molecule has 3 amide bonds. The van der Waals surface area contributed by atoms with Crippen molar-refractivity contribution in [3.63, 3.8) is 0 Å². The number of thioether (sulfide) groups is 1. The first-order chi connectivity index (χ1) is 14.8. The third-order valence-corrected chi connectivity index (χ3v) is 6.22. The van der Waals surface area contributed by atoms with E-state index in [-0.39, 0.29) is 29.2 Å². The highest BCUT2D eigenvalue weighted by molar-refractivity contribution is 8.00. The molecule has 1 N–H and O–H groups in total. The summed E-state index contributed by atoms with van der Waals surface area (Å²) in [6.45, 7) is 7.64. The predicted octanol–water partition coefficient (Wildman–Crippen LogP) is 2.30. The summed E-state index contributed by atoms with van der Waals surface area (Å²) in [6, 6.07) is 11.4. The first-order valence-corrected chi connectivity index (χ1v) is 11.4. The van der Waals surface area contributed by atoms with E-state index in [2.05, 4.69) is 10.5 Å². The number of rotatable bonds is 7. The summed E-state index contributed by atoms with van der Waals surface area (Å²) in [6.07, 6.45) is 0. The molecule has 2 heterocycles. The van der Waals surface area contributed by atoms with Crippen LogP contribution in [0.15, 0.2) is 40.9 Å². The van der Waals surface area contributed by atoms with Crippen LogP contribution >= 0.6 is 11.8 Å². The van der Waals surface area contributed by atoms with Gasteiger partial charge in [-0.25, -0.2) is 0 Å². The molecule has 3 rings (SSSR count). The van der Waals surface area contributed by atoms with Gasteiger partial charge in [0, 0.05) is 32.2 Å². The van der Waals surface area contributed by atoms with Crippen molar-refractivity contribution in [2.45, 2.75) is 26.2 Å². The van der Waals surface area contributed by atoms with Crippen molar-refractivity contribution in [3.05, 3.63) is 47.7 Å². The van der Waals surface area contributed by atoms with Crippen LogP contribution < -0.4 is 5.32 Å². The molecule has 31 heavy (non-hydrogen) atoms. The Balaban J connectivity index is 1.41. The van der Waals surface area contributed by atoms with E-state index in [1.807, 2.05) is 49.1 Å². The van der Waals surface area contributed by atoms with Gasteiger partial charge in [-0.2, -0.15) is 0 Å². The van der Waals surface area contributed by atoms with E-state index in [4.69, 9.17) is 4.52 Å². The minimum absolute atomic E-state index is 0.0236. The van der Waals surface area contributed by atoms with Crippen LogP contribution in [-0.4, -0.2) is 70.4 Å². The molecule has 1 fully saturated rings. The Morgan fingerprint density at radius 1 is 1.06 bits per heavy atom. The zero-order valence-electron chi connectivity index (χ0n) is 18.1. The van der Waals surface area contributed by atoms with Crippen molar-refractivity contribution in [2.75, 3.05) is 43.0 Å². The van der Waals surface area contributed by atoms with Gasteiger partial charge < -0.3 is 19.6 Å². The number of carbonyl (C=O) groups excluding carboxylic acids is 3. The Morgan fingerprint density at radius 3 is 2.32 bits per heavy atom. The molecule has 9 heteroatoms. The topological polar surface area (TPSA) is 95.8 Å². The number of amides is 3. The molecular formula is C22H28N4O4S. The number of hydrogen-bond donors (Lipinski definition) is 1. The summed E-state index contributed by atoms with van der Waals surface area (Å²) in [7, 11) is 0. The molecule has 1 aliphatic rings. The first-order valence-electron chi connectivity index (χ1n) is 10.2. The largest absolute Gasteiger partial charge is 0.360 e. The highest BCUT2D eigenvalue weighted by Crippen LogP contribution is 2.26. The van der Waals surface area contributed by atoms with Gasteiger partial charge in [-0.15, -0.1) is 11.8 Å². The van der Waals surface area contributed by atoms with Crippen LogP contribution in [0.2, 0.25) is 0 Å². The molecule has 1 aromatic heterocycles. The van der Waals surface area contributed by atoms with Gasteiger partial charge in [0.15, 0.2) is 5.82 Å². The summed E-state index contributed by atoms with van der Waals surface area (Å²) in [4.78, 5) is 41.0. The van der Waals surface area contributed by atoms with Crippen LogP contribution in [0.5, 0.6) is 0 Å². The second kappa shape index (κ2) is 10.00. The quantitative estimate of drug-likeness (QED) is 0.704. The van der Waals surface area contributed by atoms with Gasteiger partial charge in [0.25, 0.3) is 0 Å². The number of nitrogens with one attached hydrogen (secondary N) is 1. The zero-order chi connectivity index (χ0) is 22.4. The molecule has 166 valence electrons. The number of benzene rings is 1. The lowest BCUT2D eigenvalue weighted by molar-refractivity contribution is -0.141. The molecule has 1 aromatic carbocycles. The van der Waals surface area contributed by atoms with Gasteiger partial charge in [-0.3, -0.25) is 14.4 Å². The maximum atomic E-state index is 13.1. The van der Waals surface area contributed by atoms with Crippen LogP contribution in [0.3, 0.4) is 0 Å². The molecule has 0 bridgehead atoms. The number of aryl methyl sites for hydroxylation is 1. The summed E-state index contributed by atoms with van der Waals surface area (Å²) >= 11 is 1.26. The number of carbonyl (C=O) groups is 3. The highest BCUT2D eigenvalue weighted by atomic mass is 32.2. The van der Waals surface area contributed by atoms with Gasteiger partial charge in [0.05, 0.1) is 16.9 Å². The monoisotopic (exact) mass is 444 g/mol. The Bertz CT molecular complexity index is 921. The van der Waals surface area contributed by atoms with Crippen molar-refractivity contribution in [1.29, 1.82) is 0 Å². The van der Waals surface area contributed by atoms with E-state index in [9.17, 15) is 14.4 Å². The Hall–Kier alpha value is -2.81. The predicted molar refractivity (Wildman–Crippen MR) is 120 cm³/mol. The molecule has 1 aliphatic heterocycles. The van der Waals surface area contributed by atoms with Crippen molar-refractivity contribution in [2.24, 2.45) is 0 Å². The molecule has 0 aliphatic carbocycles. The lowest BCUT2D eigenvalue weighted by Crippen LogP contribution is -2.54. The summed E-state index contributed by atoms with van der Waals surface area (Å²) in [5, 5.41) is 6.33. The molecule has 0 saturated carbocycles. The van der Waals surface area contributed by atoms with Gasteiger partial charge in [-0.05, 0) is 26.3 Å². The second-order valence-electron chi connectivity index (χ2n) is 8.03. The van der Waals surface area contributed by atoms with E-state index >= 15 is 0 Å². The minimum atomic E-state index is -0.612. The Morgan fingerprint density at radius 2 is 1.71 bits per heavy atom. The summed E-state index contributed by atoms with van der Waals surface area (Å²) in [5.41, 5.74) is 0.368. The van der Waals surface area contributed by atoms with Crippen molar-refractivity contribution in [1.82, 2.24) is 15.0 Å². The number of piperazine rings is 1. The molecule has 0 atom stereocenters. The SMILES string of the molecule is Cc1cc(NC(=O)CSCC(=O)N2CCN(C(=O)C(C)(C)c3ccccc3)CC2)no1. The molecule has 0 unspecified atom stereocenters. The lowest BCUT2D eigenvalue weighted by atomic mass is 9.83. The van der Waals surface area contributed by atoms with E-state index < -0.39 is 5.41 Å². The fraction of sp³-hybridized carbons (Fsp3) is 0.455. The third-order valence-electron chi connectivity index (χ3n) is 5.30. The van der Waals surface area contributed by atoms with Gasteiger partial charge >= 0.3 is 0 Å². The normalized spacial score (nSPS) is 14.4. The van der Waals surface area contributed by atoms with Crippen molar-refractivity contribution >= 4 is 35.3 Å². The molecule has 1 saturated heterocycles. The maximum absolute atomic E-state index is 13.1. The summed E-state index contributed by atoms with van der Waals surface area (Å²) < 4.78 is 4.90. The fourth-order valence-electron chi connectivity index (χ4n) is 3.46. The average molecular weight is 445 g/mol. The minimum Gasteiger partial charge on any atom is -0.360 e. The molecular weight excluding hydrogens is 416 g/mol. The van der Waals surface area contributed by atoms with Crippen LogP contribution in [0, 0.1) is 6.92 Å². The van der Waals surface area contributed by atoms with E-state index in [1.54, 1.807) is 17.9 Å². The van der Waals surface area contributed by atoms with Gasteiger partial charge in [0.1, 0.15) is 5.76 Å². The third kappa shape index (κ3) is 5.88. The van der Waals surface area contributed by atoms with Crippen LogP contribution in [0.4, 0.5) is 5.82 Å². The van der Waals surface area contributed by atoms with E-state index in [1.165, 1.54) is 11.8 Å². The zero-order valence-corrected chi connectivity index (χ0v) is 18.9. The number of nitrogens with zero attached hydrogens (tertiary/aromatic N) is 3. The highest BCUT2D eigenvalue weighted by Gasteiger charge is 2.35. The lowest BCUT2D eigenvalue weighted by Gasteiger charge is -2.38. The molecule has 0 radical (unpaired) electrons. The van der Waals surface area contributed by atoms with Crippen molar-refractivity contribution in [3.8, 4) is 0 Å². The number of anilines is 1. The standard InChI is InChI=1S/C22H28N4O4S/c1-16-13-18(24-30-16)23-19(27)14-31-15-20(28)25-9-11-26(12-10-25)21(29)22(2,3)17-7-5-4-6-8-17/h4-8,13H,9-12,14-15H2,1-3H3,(H,23,24,27). The van der Waals surface area contributed by atoms with Crippen molar-refractivity contribution < 1.29 is 18.9 Å². The van der Waals surface area contributed by atoms with Crippen LogP contribution in [-0.2, 0) is 19.8 Å². The molecule has 0 spiro atoms. The smallest absolute Gasteiger partial charge is 0.235 e. The van der Waals surface area contributed by atoms with Gasteiger partial charge in [0.2, 0.25) is 17.7 Å². The number of aromatic nitrogens is 1. The van der Waals surface area contributed by atoms with Gasteiger partial charge in [-0.1, -0.05) is 35.5 Å². The Labute approximate surface area is 186 Å². The van der Waals surface area contributed by atoms with E-state index in [0.29, 0.717) is 37.8 Å². The number of hydrogen-bond acceptors (Lipinski definition) is 6. The Kier molecular flexibility index (Phi) is 7.37. The molecule has 2 aromatic rings.